The predicted molar refractivity (Wildman–Crippen MR) is 74.7 cm³/mol. The largest absolute Gasteiger partial charge is 0.366 e. The number of nitrogens with zero attached hydrogens (tertiary/aromatic N) is 3. The molecule has 6 heteroatoms. The zero-order chi connectivity index (χ0) is 11.7. The summed E-state index contributed by atoms with van der Waals surface area (Å²) in [4.78, 5) is 8.76. The fourth-order valence-corrected chi connectivity index (χ4v) is 3.63. The van der Waals surface area contributed by atoms with Gasteiger partial charge in [0.1, 0.15) is 4.60 Å². The lowest BCUT2D eigenvalue weighted by molar-refractivity contribution is 0.803. The molecule has 0 spiro atoms. The van der Waals surface area contributed by atoms with Crippen molar-refractivity contribution >= 4 is 39.2 Å². The van der Waals surface area contributed by atoms with Crippen LogP contribution in [0.3, 0.4) is 0 Å². The second-order valence-corrected chi connectivity index (χ2v) is 6.31. The molecule has 3 rings (SSSR count). The summed E-state index contributed by atoms with van der Waals surface area (Å²) in [6.07, 6.45) is 8.27. The van der Waals surface area contributed by atoms with Gasteiger partial charge in [-0.25, -0.2) is 9.97 Å². The molecule has 1 saturated heterocycles. The first-order valence-corrected chi connectivity index (χ1v) is 7.52. The van der Waals surface area contributed by atoms with E-state index < -0.39 is 0 Å². The quantitative estimate of drug-likeness (QED) is 0.946. The van der Waals surface area contributed by atoms with E-state index in [0.29, 0.717) is 5.25 Å². The predicted octanol–water partition coefficient (Wildman–Crippen LogP) is 2.80. The lowest BCUT2D eigenvalue weighted by Crippen LogP contribution is -2.15. The van der Waals surface area contributed by atoms with Gasteiger partial charge in [0.2, 0.25) is 0 Å². The van der Waals surface area contributed by atoms with Crippen LogP contribution in [0.2, 0.25) is 0 Å². The van der Waals surface area contributed by atoms with Crippen molar-refractivity contribution in [2.24, 2.45) is 0 Å². The molecule has 0 saturated carbocycles. The molecule has 90 valence electrons. The van der Waals surface area contributed by atoms with Gasteiger partial charge in [0.05, 0.1) is 0 Å². The molecule has 2 aromatic heterocycles. The van der Waals surface area contributed by atoms with Crippen LogP contribution < -0.4 is 5.32 Å². The minimum absolute atomic E-state index is 0.714. The van der Waals surface area contributed by atoms with Crippen molar-refractivity contribution in [2.75, 3.05) is 17.6 Å². The maximum atomic E-state index is 4.45. The summed E-state index contributed by atoms with van der Waals surface area (Å²) in [5, 5.41) is 4.12. The number of thioether (sulfide) groups is 1. The normalized spacial score (nSPS) is 19.9. The van der Waals surface area contributed by atoms with Gasteiger partial charge in [-0.15, -0.1) is 0 Å². The zero-order valence-electron chi connectivity index (χ0n) is 9.27. The van der Waals surface area contributed by atoms with Gasteiger partial charge in [0.25, 0.3) is 0 Å². The Hall–Kier alpha value is -0.750. The molecule has 1 atom stereocenters. The first-order chi connectivity index (χ1) is 8.33. The third-order valence-corrected chi connectivity index (χ3v) is 4.65. The molecule has 1 fully saturated rings. The molecular weight excluding hydrogens is 300 g/mol. The Morgan fingerprint density at radius 2 is 2.53 bits per heavy atom. The van der Waals surface area contributed by atoms with Crippen molar-refractivity contribution < 1.29 is 0 Å². The number of hydrogen-bond acceptors (Lipinski definition) is 4. The summed E-state index contributed by atoms with van der Waals surface area (Å²) in [7, 11) is 0. The average molecular weight is 313 g/mol. The van der Waals surface area contributed by atoms with E-state index >= 15 is 0 Å². The maximum absolute atomic E-state index is 4.45. The van der Waals surface area contributed by atoms with Crippen LogP contribution in [0.1, 0.15) is 12.8 Å². The van der Waals surface area contributed by atoms with Gasteiger partial charge in [-0.2, -0.15) is 11.8 Å². The van der Waals surface area contributed by atoms with E-state index in [1.54, 1.807) is 6.20 Å². The number of fused-ring (bicyclic) bond motifs is 1. The third-order valence-electron chi connectivity index (χ3n) is 2.87. The molecule has 4 nitrogen and oxygen atoms in total. The van der Waals surface area contributed by atoms with Gasteiger partial charge < -0.3 is 9.72 Å². The molecule has 2 aromatic rings. The summed E-state index contributed by atoms with van der Waals surface area (Å²) in [6.45, 7) is 0.969. The van der Waals surface area contributed by atoms with E-state index in [1.165, 1.54) is 18.6 Å². The average Bonchev–Trinajstić information content (AvgIpc) is 2.95. The topological polar surface area (TPSA) is 42.2 Å². The van der Waals surface area contributed by atoms with Gasteiger partial charge in [0, 0.05) is 30.4 Å². The molecule has 0 aromatic carbocycles. The van der Waals surface area contributed by atoms with Crippen LogP contribution in [-0.4, -0.2) is 31.9 Å². The van der Waals surface area contributed by atoms with E-state index in [-0.39, 0.29) is 0 Å². The van der Waals surface area contributed by atoms with Crippen molar-refractivity contribution in [1.29, 1.82) is 0 Å². The number of hydrogen-bond donors (Lipinski definition) is 1. The molecular formula is C11H13BrN4S. The summed E-state index contributed by atoms with van der Waals surface area (Å²) in [6, 6.07) is 0. The lowest BCUT2D eigenvalue weighted by atomic mass is 10.2. The van der Waals surface area contributed by atoms with Gasteiger partial charge in [-0.05, 0) is 34.5 Å². The van der Waals surface area contributed by atoms with E-state index in [9.17, 15) is 0 Å². The minimum atomic E-state index is 0.714. The number of halogens is 1. The first kappa shape index (κ1) is 11.3. The minimum Gasteiger partial charge on any atom is -0.366 e. The SMILES string of the molecule is Brc1cn2ccnc2c(NCC2CCCS2)n1. The summed E-state index contributed by atoms with van der Waals surface area (Å²) in [5.41, 5.74) is 0.885. The van der Waals surface area contributed by atoms with Crippen molar-refractivity contribution in [1.82, 2.24) is 14.4 Å². The van der Waals surface area contributed by atoms with Crippen LogP contribution in [0.25, 0.3) is 5.65 Å². The molecule has 17 heavy (non-hydrogen) atoms. The van der Waals surface area contributed by atoms with Crippen LogP contribution in [-0.2, 0) is 0 Å². The highest BCUT2D eigenvalue weighted by Crippen LogP contribution is 2.26. The van der Waals surface area contributed by atoms with Crippen molar-refractivity contribution in [2.45, 2.75) is 18.1 Å². The van der Waals surface area contributed by atoms with E-state index in [4.69, 9.17) is 0 Å². The molecule has 1 aliphatic rings. The molecule has 1 unspecified atom stereocenters. The Bertz CT molecular complexity index is 521. The molecule has 0 amide bonds. The lowest BCUT2D eigenvalue weighted by Gasteiger charge is -2.11. The highest BCUT2D eigenvalue weighted by Gasteiger charge is 2.16. The third kappa shape index (κ3) is 2.42. The Morgan fingerprint density at radius 1 is 1.59 bits per heavy atom. The highest BCUT2D eigenvalue weighted by molar-refractivity contribution is 9.10. The Morgan fingerprint density at radius 3 is 3.35 bits per heavy atom. The van der Waals surface area contributed by atoms with E-state index in [1.807, 2.05) is 28.6 Å². The van der Waals surface area contributed by atoms with Gasteiger partial charge >= 0.3 is 0 Å². The highest BCUT2D eigenvalue weighted by atomic mass is 79.9. The Balaban J connectivity index is 1.81. The zero-order valence-corrected chi connectivity index (χ0v) is 11.7. The number of rotatable bonds is 3. The standard InChI is InChI=1S/C11H13BrN4S/c12-9-7-16-4-3-13-11(16)10(15-9)14-6-8-2-1-5-17-8/h3-4,7-8H,1-2,5-6H2,(H,14,15). The van der Waals surface area contributed by atoms with Crippen LogP contribution in [0, 0.1) is 0 Å². The van der Waals surface area contributed by atoms with Crippen LogP contribution in [0.5, 0.6) is 0 Å². The van der Waals surface area contributed by atoms with Gasteiger partial charge in [-0.1, -0.05) is 0 Å². The number of imidazole rings is 1. The van der Waals surface area contributed by atoms with Gasteiger partial charge in [-0.3, -0.25) is 0 Å². The number of anilines is 1. The second kappa shape index (κ2) is 4.86. The monoisotopic (exact) mass is 312 g/mol. The summed E-state index contributed by atoms with van der Waals surface area (Å²) < 4.78 is 2.80. The van der Waals surface area contributed by atoms with Crippen LogP contribution >= 0.6 is 27.7 Å². The molecule has 0 bridgehead atoms. The maximum Gasteiger partial charge on any atom is 0.180 e. The summed E-state index contributed by atoms with van der Waals surface area (Å²) >= 11 is 5.46. The Labute approximate surface area is 112 Å². The smallest absolute Gasteiger partial charge is 0.180 e. The van der Waals surface area contributed by atoms with E-state index in [0.717, 1.165) is 22.6 Å². The van der Waals surface area contributed by atoms with Crippen LogP contribution in [0.15, 0.2) is 23.2 Å². The molecule has 0 aliphatic carbocycles. The molecule has 0 radical (unpaired) electrons. The molecule has 1 aliphatic heterocycles. The summed E-state index contributed by atoms with van der Waals surface area (Å²) in [5.74, 6) is 2.15. The van der Waals surface area contributed by atoms with E-state index in [2.05, 4.69) is 31.2 Å². The fraction of sp³-hybridized carbons (Fsp3) is 0.455. The molecule has 3 heterocycles. The molecule has 1 N–H and O–H groups in total. The van der Waals surface area contributed by atoms with Crippen molar-refractivity contribution in [3.05, 3.63) is 23.2 Å². The van der Waals surface area contributed by atoms with Crippen molar-refractivity contribution in [3.8, 4) is 0 Å². The van der Waals surface area contributed by atoms with Gasteiger partial charge in [0.15, 0.2) is 11.5 Å². The second-order valence-electron chi connectivity index (χ2n) is 4.09. The van der Waals surface area contributed by atoms with Crippen molar-refractivity contribution in [3.63, 3.8) is 0 Å². The van der Waals surface area contributed by atoms with Crippen LogP contribution in [0.4, 0.5) is 5.82 Å². The Kier molecular flexibility index (Phi) is 3.24. The fourth-order valence-electron chi connectivity index (χ4n) is 2.04. The number of nitrogens with one attached hydrogen (secondary N) is 1. The number of aromatic nitrogens is 3. The first-order valence-electron chi connectivity index (χ1n) is 5.67.